The number of rotatable bonds is 3. The van der Waals surface area contributed by atoms with E-state index in [9.17, 15) is 18.8 Å². The van der Waals surface area contributed by atoms with Crippen LogP contribution in [0.3, 0.4) is 0 Å². The van der Waals surface area contributed by atoms with Gasteiger partial charge in [0.2, 0.25) is 0 Å². The van der Waals surface area contributed by atoms with Crippen molar-refractivity contribution in [3.63, 3.8) is 0 Å². The Bertz CT molecular complexity index is 1070. The van der Waals surface area contributed by atoms with E-state index in [0.717, 1.165) is 61.2 Å². The molecule has 1 spiro atoms. The van der Waals surface area contributed by atoms with Crippen LogP contribution >= 0.6 is 0 Å². The first kappa shape index (κ1) is 20.7. The number of imide groups is 1. The largest absolute Gasteiger partial charge is 0.344 e. The first-order chi connectivity index (χ1) is 15.5. The molecule has 1 aliphatic heterocycles. The number of aromatic nitrogens is 2. The minimum Gasteiger partial charge on any atom is -0.322 e. The molecule has 4 amide bonds. The highest BCUT2D eigenvalue weighted by atomic mass is 19.1. The van der Waals surface area contributed by atoms with Crippen molar-refractivity contribution in [1.29, 1.82) is 0 Å². The van der Waals surface area contributed by atoms with Crippen molar-refractivity contribution in [3.8, 4) is 5.69 Å². The van der Waals surface area contributed by atoms with E-state index in [2.05, 4.69) is 15.8 Å². The molecule has 8 nitrogen and oxygen atoms in total. The van der Waals surface area contributed by atoms with E-state index in [1.807, 2.05) is 0 Å². The maximum atomic E-state index is 13.4. The van der Waals surface area contributed by atoms with Crippen molar-refractivity contribution in [2.45, 2.75) is 69.7 Å². The molecule has 2 N–H and O–H groups in total. The molecule has 1 saturated carbocycles. The molecule has 5 rings (SSSR count). The molecule has 0 bridgehead atoms. The summed E-state index contributed by atoms with van der Waals surface area (Å²) in [5.41, 5.74) is 4.21. The molecule has 9 heteroatoms. The second kappa shape index (κ2) is 8.03. The summed E-state index contributed by atoms with van der Waals surface area (Å²) in [6.45, 7) is 0. The first-order valence-electron chi connectivity index (χ1n) is 11.3. The lowest BCUT2D eigenvalue weighted by Crippen LogP contribution is -2.51. The van der Waals surface area contributed by atoms with Crippen LogP contribution in [0, 0.1) is 5.82 Å². The van der Waals surface area contributed by atoms with Gasteiger partial charge in [-0.1, -0.05) is 25.7 Å². The summed E-state index contributed by atoms with van der Waals surface area (Å²) in [7, 11) is 0. The van der Waals surface area contributed by atoms with Crippen LogP contribution in [0.2, 0.25) is 0 Å². The standard InChI is InChI=1S/C23H26FN5O3/c24-15-9-11-16(12-10-15)28-18-8-4-1-3-7-17(18)19(26-28)20(30)27-29-21(31)23(25-22(29)32)13-5-2-6-14-23/h9-12H,1-8,13-14H2,(H,25,32)(H,27,30). The van der Waals surface area contributed by atoms with Crippen LogP contribution in [0.1, 0.15) is 73.1 Å². The molecule has 0 unspecified atom stereocenters. The van der Waals surface area contributed by atoms with Crippen molar-refractivity contribution in [2.75, 3.05) is 0 Å². The fraction of sp³-hybridized carbons (Fsp3) is 0.478. The Morgan fingerprint density at radius 1 is 1.00 bits per heavy atom. The molecule has 168 valence electrons. The van der Waals surface area contributed by atoms with Gasteiger partial charge in [-0.15, -0.1) is 0 Å². The SMILES string of the molecule is O=C(NN1C(=O)NC2(CCCCC2)C1=O)c1nn(-c2ccc(F)cc2)c2c1CCCCC2. The maximum Gasteiger partial charge on any atom is 0.344 e. The minimum atomic E-state index is -0.910. The third-order valence-corrected chi connectivity index (χ3v) is 6.80. The van der Waals surface area contributed by atoms with E-state index >= 15 is 0 Å². The topological polar surface area (TPSA) is 96.3 Å². The molecule has 2 fully saturated rings. The Hall–Kier alpha value is -3.23. The fourth-order valence-electron chi connectivity index (χ4n) is 5.12. The third-order valence-electron chi connectivity index (χ3n) is 6.80. The van der Waals surface area contributed by atoms with Gasteiger partial charge >= 0.3 is 6.03 Å². The molecule has 3 aliphatic rings. The second-order valence-corrected chi connectivity index (χ2v) is 8.88. The lowest BCUT2D eigenvalue weighted by atomic mass is 9.82. The van der Waals surface area contributed by atoms with Crippen LogP contribution in [0.5, 0.6) is 0 Å². The summed E-state index contributed by atoms with van der Waals surface area (Å²) in [5, 5.41) is 8.15. The van der Waals surface area contributed by atoms with Crippen molar-refractivity contribution < 1.29 is 18.8 Å². The van der Waals surface area contributed by atoms with Gasteiger partial charge in [0.15, 0.2) is 5.69 Å². The smallest absolute Gasteiger partial charge is 0.322 e. The molecular weight excluding hydrogens is 413 g/mol. The van der Waals surface area contributed by atoms with Crippen molar-refractivity contribution >= 4 is 17.8 Å². The van der Waals surface area contributed by atoms with Gasteiger partial charge in [-0.2, -0.15) is 10.1 Å². The zero-order valence-electron chi connectivity index (χ0n) is 17.8. The Morgan fingerprint density at radius 3 is 2.44 bits per heavy atom. The van der Waals surface area contributed by atoms with Crippen molar-refractivity contribution in [3.05, 3.63) is 47.0 Å². The Labute approximate surface area is 185 Å². The van der Waals surface area contributed by atoms with Gasteiger partial charge in [0.05, 0.1) is 5.69 Å². The van der Waals surface area contributed by atoms with E-state index in [4.69, 9.17) is 0 Å². The molecule has 2 aliphatic carbocycles. The maximum absolute atomic E-state index is 13.4. The number of hydrogen-bond donors (Lipinski definition) is 2. The van der Waals surface area contributed by atoms with Gasteiger partial charge in [0.1, 0.15) is 11.4 Å². The average Bonchev–Trinajstić information content (AvgIpc) is 3.12. The number of carbonyl (C=O) groups is 3. The number of amides is 4. The van der Waals surface area contributed by atoms with Crippen LogP contribution in [0.15, 0.2) is 24.3 Å². The number of fused-ring (bicyclic) bond motifs is 1. The van der Waals surface area contributed by atoms with Crippen molar-refractivity contribution in [2.24, 2.45) is 0 Å². The highest BCUT2D eigenvalue weighted by Crippen LogP contribution is 2.33. The molecule has 1 aromatic carbocycles. The van der Waals surface area contributed by atoms with Crippen LogP contribution < -0.4 is 10.7 Å². The zero-order chi connectivity index (χ0) is 22.3. The Morgan fingerprint density at radius 2 is 1.69 bits per heavy atom. The van der Waals surface area contributed by atoms with E-state index in [0.29, 0.717) is 24.9 Å². The normalized spacial score (nSPS) is 20.1. The highest BCUT2D eigenvalue weighted by Gasteiger charge is 2.52. The van der Waals surface area contributed by atoms with Crippen LogP contribution in [0.4, 0.5) is 9.18 Å². The number of halogens is 1. The Balaban J connectivity index is 1.45. The average molecular weight is 439 g/mol. The quantitative estimate of drug-likeness (QED) is 0.567. The molecule has 1 aromatic heterocycles. The summed E-state index contributed by atoms with van der Waals surface area (Å²) in [4.78, 5) is 38.8. The summed E-state index contributed by atoms with van der Waals surface area (Å²) in [6.07, 6.45) is 8.29. The van der Waals surface area contributed by atoms with Gasteiger partial charge in [-0.25, -0.2) is 13.9 Å². The number of benzene rings is 1. The fourth-order valence-corrected chi connectivity index (χ4v) is 5.12. The number of carbonyl (C=O) groups excluding carboxylic acids is 3. The van der Waals surface area contributed by atoms with E-state index in [1.165, 1.54) is 12.1 Å². The van der Waals surface area contributed by atoms with E-state index in [-0.39, 0.29) is 11.5 Å². The van der Waals surface area contributed by atoms with Crippen molar-refractivity contribution in [1.82, 2.24) is 25.5 Å². The summed E-state index contributed by atoms with van der Waals surface area (Å²) < 4.78 is 15.1. The summed E-state index contributed by atoms with van der Waals surface area (Å²) in [6, 6.07) is 5.36. The lowest BCUT2D eigenvalue weighted by Gasteiger charge is -2.30. The predicted molar refractivity (Wildman–Crippen MR) is 113 cm³/mol. The van der Waals surface area contributed by atoms with Gasteiger partial charge in [0, 0.05) is 11.3 Å². The number of nitrogens with zero attached hydrogens (tertiary/aromatic N) is 3. The lowest BCUT2D eigenvalue weighted by molar-refractivity contribution is -0.134. The van der Waals surface area contributed by atoms with E-state index < -0.39 is 23.4 Å². The molecular formula is C23H26FN5O3. The first-order valence-corrected chi connectivity index (χ1v) is 11.3. The summed E-state index contributed by atoms with van der Waals surface area (Å²) in [5.74, 6) is -1.33. The summed E-state index contributed by atoms with van der Waals surface area (Å²) >= 11 is 0. The second-order valence-electron chi connectivity index (χ2n) is 8.88. The van der Waals surface area contributed by atoms with E-state index in [1.54, 1.807) is 16.8 Å². The number of urea groups is 1. The molecule has 2 aromatic rings. The molecule has 0 radical (unpaired) electrons. The molecule has 32 heavy (non-hydrogen) atoms. The monoisotopic (exact) mass is 439 g/mol. The number of nitrogens with one attached hydrogen (secondary N) is 2. The van der Waals surface area contributed by atoms with Gasteiger partial charge in [-0.3, -0.25) is 15.0 Å². The molecule has 2 heterocycles. The highest BCUT2D eigenvalue weighted by molar-refractivity contribution is 6.09. The third kappa shape index (κ3) is 3.45. The zero-order valence-corrected chi connectivity index (χ0v) is 17.8. The number of hydrogen-bond acceptors (Lipinski definition) is 4. The number of hydrazine groups is 1. The van der Waals surface area contributed by atoms with Gasteiger partial charge in [0.25, 0.3) is 11.8 Å². The van der Waals surface area contributed by atoms with Crippen LogP contribution in [-0.4, -0.2) is 38.2 Å². The molecule has 0 atom stereocenters. The molecule has 1 saturated heterocycles. The van der Waals surface area contributed by atoms with Crippen LogP contribution in [-0.2, 0) is 17.6 Å². The van der Waals surface area contributed by atoms with Gasteiger partial charge < -0.3 is 5.32 Å². The predicted octanol–water partition coefficient (Wildman–Crippen LogP) is 3.18. The minimum absolute atomic E-state index is 0.205. The Kier molecular flexibility index (Phi) is 5.19. The van der Waals surface area contributed by atoms with Crippen LogP contribution in [0.25, 0.3) is 5.69 Å². The van der Waals surface area contributed by atoms with Gasteiger partial charge in [-0.05, 0) is 62.8 Å².